The highest BCUT2D eigenvalue weighted by molar-refractivity contribution is 5.84. The minimum absolute atomic E-state index is 0.0801. The first-order chi connectivity index (χ1) is 9.29. The molecule has 0 atom stereocenters. The van der Waals surface area contributed by atoms with Crippen molar-refractivity contribution in [2.75, 3.05) is 18.5 Å². The van der Waals surface area contributed by atoms with E-state index < -0.39 is 5.97 Å². The Morgan fingerprint density at radius 2 is 2.16 bits per heavy atom. The van der Waals surface area contributed by atoms with Crippen molar-refractivity contribution in [3.8, 4) is 0 Å². The quantitative estimate of drug-likeness (QED) is 0.772. The van der Waals surface area contributed by atoms with Crippen LogP contribution in [0.1, 0.15) is 23.4 Å². The number of aromatic nitrogens is 3. The molecule has 2 rings (SSSR count). The van der Waals surface area contributed by atoms with Gasteiger partial charge in [0.1, 0.15) is 5.82 Å². The summed E-state index contributed by atoms with van der Waals surface area (Å²) in [6, 6.07) is 9.88. The Labute approximate surface area is 111 Å². The molecule has 6 nitrogen and oxygen atoms in total. The summed E-state index contributed by atoms with van der Waals surface area (Å²) in [5.74, 6) is 0.240. The highest BCUT2D eigenvalue weighted by Crippen LogP contribution is 2.05. The Kier molecular flexibility index (Phi) is 4.49. The standard InChI is InChI=1S/C13H16N4O2/c1-2-19-13(18)12-15-11(16-17-12)8-9-14-10-6-4-3-5-7-10/h3-7,14H,2,8-9H2,1H3,(H,15,16,17). The molecule has 2 aromatic rings. The second kappa shape index (κ2) is 6.53. The average Bonchev–Trinajstić information content (AvgIpc) is 2.89. The fourth-order valence-electron chi connectivity index (χ4n) is 1.58. The molecule has 0 amide bonds. The molecule has 100 valence electrons. The van der Waals surface area contributed by atoms with Crippen LogP contribution in [0.4, 0.5) is 5.69 Å². The van der Waals surface area contributed by atoms with Crippen LogP contribution in [0.15, 0.2) is 30.3 Å². The van der Waals surface area contributed by atoms with Crippen LogP contribution < -0.4 is 5.32 Å². The summed E-state index contributed by atoms with van der Waals surface area (Å²) in [5.41, 5.74) is 1.05. The number of esters is 1. The summed E-state index contributed by atoms with van der Waals surface area (Å²) in [6.07, 6.45) is 0.654. The van der Waals surface area contributed by atoms with Crippen LogP contribution in [0.5, 0.6) is 0 Å². The number of H-pyrrole nitrogens is 1. The van der Waals surface area contributed by atoms with Gasteiger partial charge in [-0.2, -0.15) is 0 Å². The Balaban J connectivity index is 1.82. The number of nitrogens with one attached hydrogen (secondary N) is 2. The molecular weight excluding hydrogens is 244 g/mol. The number of carbonyl (C=O) groups excluding carboxylic acids is 1. The highest BCUT2D eigenvalue weighted by Gasteiger charge is 2.12. The number of aromatic amines is 1. The SMILES string of the molecule is CCOC(=O)c1n[nH]c(CCNc2ccccc2)n1. The van der Waals surface area contributed by atoms with Crippen molar-refractivity contribution < 1.29 is 9.53 Å². The number of ether oxygens (including phenoxy) is 1. The maximum atomic E-state index is 11.4. The van der Waals surface area contributed by atoms with Crippen molar-refractivity contribution in [3.63, 3.8) is 0 Å². The molecule has 1 aromatic carbocycles. The first-order valence-corrected chi connectivity index (χ1v) is 6.17. The number of hydrogen-bond donors (Lipinski definition) is 2. The van der Waals surface area contributed by atoms with Crippen molar-refractivity contribution in [1.82, 2.24) is 15.2 Å². The van der Waals surface area contributed by atoms with E-state index in [1.54, 1.807) is 6.92 Å². The van der Waals surface area contributed by atoms with E-state index in [4.69, 9.17) is 4.74 Å². The lowest BCUT2D eigenvalue weighted by Crippen LogP contribution is -2.08. The van der Waals surface area contributed by atoms with Crippen LogP contribution in [-0.4, -0.2) is 34.3 Å². The summed E-state index contributed by atoms with van der Waals surface area (Å²) in [7, 11) is 0. The lowest BCUT2D eigenvalue weighted by molar-refractivity contribution is 0.0512. The topological polar surface area (TPSA) is 79.9 Å². The van der Waals surface area contributed by atoms with Gasteiger partial charge in [-0.05, 0) is 19.1 Å². The summed E-state index contributed by atoms with van der Waals surface area (Å²) < 4.78 is 4.82. The van der Waals surface area contributed by atoms with Gasteiger partial charge in [0, 0.05) is 18.7 Å². The summed E-state index contributed by atoms with van der Waals surface area (Å²) in [5, 5.41) is 9.80. The van der Waals surface area contributed by atoms with Crippen molar-refractivity contribution in [2.45, 2.75) is 13.3 Å². The van der Waals surface area contributed by atoms with E-state index in [0.29, 0.717) is 25.4 Å². The zero-order valence-corrected chi connectivity index (χ0v) is 10.7. The predicted octanol–water partition coefficient (Wildman–Crippen LogP) is 1.64. The summed E-state index contributed by atoms with van der Waals surface area (Å²) >= 11 is 0. The molecule has 0 fully saturated rings. The van der Waals surface area contributed by atoms with Crippen molar-refractivity contribution >= 4 is 11.7 Å². The van der Waals surface area contributed by atoms with Crippen LogP contribution in [0.3, 0.4) is 0 Å². The Bertz CT molecular complexity index is 524. The number of nitrogens with zero attached hydrogens (tertiary/aromatic N) is 2. The highest BCUT2D eigenvalue weighted by atomic mass is 16.5. The number of para-hydroxylation sites is 1. The molecule has 1 aromatic heterocycles. The molecule has 0 aliphatic heterocycles. The smallest absolute Gasteiger partial charge is 0.378 e. The number of carbonyl (C=O) groups is 1. The third kappa shape index (κ3) is 3.80. The molecule has 0 unspecified atom stereocenters. The van der Waals surface area contributed by atoms with E-state index in [9.17, 15) is 4.79 Å². The maximum Gasteiger partial charge on any atom is 0.378 e. The fourth-order valence-corrected chi connectivity index (χ4v) is 1.58. The number of anilines is 1. The van der Waals surface area contributed by atoms with Gasteiger partial charge in [-0.15, -0.1) is 5.10 Å². The Hall–Kier alpha value is -2.37. The summed E-state index contributed by atoms with van der Waals surface area (Å²) in [4.78, 5) is 15.4. The predicted molar refractivity (Wildman–Crippen MR) is 71.0 cm³/mol. The Morgan fingerprint density at radius 1 is 1.37 bits per heavy atom. The van der Waals surface area contributed by atoms with Gasteiger partial charge in [0.25, 0.3) is 5.82 Å². The first-order valence-electron chi connectivity index (χ1n) is 6.17. The molecule has 19 heavy (non-hydrogen) atoms. The second-order valence-electron chi connectivity index (χ2n) is 3.87. The fraction of sp³-hybridized carbons (Fsp3) is 0.308. The monoisotopic (exact) mass is 260 g/mol. The molecule has 0 spiro atoms. The summed E-state index contributed by atoms with van der Waals surface area (Å²) in [6.45, 7) is 2.77. The molecule has 0 aliphatic carbocycles. The van der Waals surface area contributed by atoms with Crippen molar-refractivity contribution in [3.05, 3.63) is 42.0 Å². The van der Waals surface area contributed by atoms with Gasteiger partial charge in [-0.3, -0.25) is 5.10 Å². The molecule has 0 radical (unpaired) electrons. The van der Waals surface area contributed by atoms with Gasteiger partial charge in [0.05, 0.1) is 6.61 Å². The minimum Gasteiger partial charge on any atom is -0.460 e. The Morgan fingerprint density at radius 3 is 2.89 bits per heavy atom. The van der Waals surface area contributed by atoms with E-state index in [2.05, 4.69) is 20.5 Å². The molecule has 0 aliphatic rings. The molecule has 1 heterocycles. The number of benzene rings is 1. The van der Waals surface area contributed by atoms with Crippen LogP contribution in [0, 0.1) is 0 Å². The number of rotatable bonds is 6. The lowest BCUT2D eigenvalue weighted by Gasteiger charge is -2.03. The van der Waals surface area contributed by atoms with Gasteiger partial charge in [0.15, 0.2) is 0 Å². The average molecular weight is 260 g/mol. The van der Waals surface area contributed by atoms with Gasteiger partial charge in [0.2, 0.25) is 0 Å². The van der Waals surface area contributed by atoms with Crippen LogP contribution in [0.25, 0.3) is 0 Å². The number of hydrogen-bond acceptors (Lipinski definition) is 5. The second-order valence-corrected chi connectivity index (χ2v) is 3.87. The van der Waals surface area contributed by atoms with Crippen LogP contribution in [0.2, 0.25) is 0 Å². The molecule has 0 saturated carbocycles. The van der Waals surface area contributed by atoms with Crippen LogP contribution >= 0.6 is 0 Å². The third-order valence-corrected chi connectivity index (χ3v) is 2.45. The normalized spacial score (nSPS) is 10.2. The van der Waals surface area contributed by atoms with E-state index in [1.807, 2.05) is 30.3 Å². The largest absolute Gasteiger partial charge is 0.460 e. The van der Waals surface area contributed by atoms with Gasteiger partial charge < -0.3 is 10.1 Å². The van der Waals surface area contributed by atoms with E-state index in [-0.39, 0.29) is 5.82 Å². The van der Waals surface area contributed by atoms with E-state index in [0.717, 1.165) is 5.69 Å². The molecule has 0 saturated heterocycles. The van der Waals surface area contributed by atoms with Crippen molar-refractivity contribution in [1.29, 1.82) is 0 Å². The molecule has 2 N–H and O–H groups in total. The first kappa shape index (κ1) is 13.1. The maximum absolute atomic E-state index is 11.4. The van der Waals surface area contributed by atoms with Gasteiger partial charge >= 0.3 is 5.97 Å². The van der Waals surface area contributed by atoms with E-state index in [1.165, 1.54) is 0 Å². The molecule has 6 heteroatoms. The van der Waals surface area contributed by atoms with E-state index >= 15 is 0 Å². The molecular formula is C13H16N4O2. The lowest BCUT2D eigenvalue weighted by atomic mass is 10.3. The van der Waals surface area contributed by atoms with Gasteiger partial charge in [-0.1, -0.05) is 18.2 Å². The zero-order chi connectivity index (χ0) is 13.5. The zero-order valence-electron chi connectivity index (χ0n) is 10.7. The molecule has 0 bridgehead atoms. The van der Waals surface area contributed by atoms with Gasteiger partial charge in [-0.25, -0.2) is 9.78 Å². The minimum atomic E-state index is -0.499. The van der Waals surface area contributed by atoms with Crippen LogP contribution in [-0.2, 0) is 11.2 Å². The van der Waals surface area contributed by atoms with Crippen molar-refractivity contribution in [2.24, 2.45) is 0 Å². The third-order valence-electron chi connectivity index (χ3n) is 2.45.